The van der Waals surface area contributed by atoms with Gasteiger partial charge >= 0.3 is 5.97 Å². The highest BCUT2D eigenvalue weighted by atomic mass is 35.5. The molecule has 1 amide bonds. The molecule has 0 radical (unpaired) electrons. The number of amides is 1. The van der Waals surface area contributed by atoms with Crippen molar-refractivity contribution >= 4 is 23.5 Å². The lowest BCUT2D eigenvalue weighted by molar-refractivity contribution is -0.142. The van der Waals surface area contributed by atoms with Crippen LogP contribution in [0.4, 0.5) is 0 Å². The summed E-state index contributed by atoms with van der Waals surface area (Å²) in [5.41, 5.74) is 1.50. The van der Waals surface area contributed by atoms with Crippen molar-refractivity contribution in [3.8, 4) is 0 Å². The maximum atomic E-state index is 12.7. The average molecular weight is 310 g/mol. The van der Waals surface area contributed by atoms with Gasteiger partial charge in [-0.2, -0.15) is 0 Å². The zero-order chi connectivity index (χ0) is 15.4. The quantitative estimate of drug-likeness (QED) is 0.806. The van der Waals surface area contributed by atoms with Gasteiger partial charge in [-0.05, 0) is 49.9 Å². The van der Waals surface area contributed by atoms with E-state index < -0.39 is 0 Å². The summed E-state index contributed by atoms with van der Waals surface area (Å²) in [5, 5.41) is 0.649. The van der Waals surface area contributed by atoms with Crippen molar-refractivity contribution < 1.29 is 14.3 Å². The molecule has 1 aliphatic heterocycles. The molecule has 4 nitrogen and oxygen atoms in total. The lowest BCUT2D eigenvalue weighted by atomic mass is 9.98. The Kier molecular flexibility index (Phi) is 5.23. The number of ether oxygens (including phenoxy) is 1. The molecule has 5 heteroatoms. The molecule has 0 saturated carbocycles. The Morgan fingerprint density at radius 3 is 2.81 bits per heavy atom. The molecular formula is C16H20ClNO3. The van der Waals surface area contributed by atoms with Gasteiger partial charge in [0.1, 0.15) is 0 Å². The van der Waals surface area contributed by atoms with Crippen molar-refractivity contribution in [3.63, 3.8) is 0 Å². The number of carbonyl (C=O) groups excluding carboxylic acids is 2. The van der Waals surface area contributed by atoms with Crippen molar-refractivity contribution in [1.82, 2.24) is 4.90 Å². The summed E-state index contributed by atoms with van der Waals surface area (Å²) in [4.78, 5) is 26.0. The van der Waals surface area contributed by atoms with E-state index in [0.717, 1.165) is 24.8 Å². The second-order valence-electron chi connectivity index (χ2n) is 5.39. The van der Waals surface area contributed by atoms with Crippen molar-refractivity contribution in [1.29, 1.82) is 0 Å². The molecule has 0 bridgehead atoms. The highest BCUT2D eigenvalue weighted by Crippen LogP contribution is 2.24. The molecule has 1 aromatic carbocycles. The summed E-state index contributed by atoms with van der Waals surface area (Å²) in [7, 11) is 1.37. The fourth-order valence-corrected chi connectivity index (χ4v) is 2.82. The van der Waals surface area contributed by atoms with Crippen LogP contribution < -0.4 is 0 Å². The largest absolute Gasteiger partial charge is 0.469 e. The normalized spacial score (nSPS) is 18.4. The number of hydrogen-bond donors (Lipinski definition) is 0. The standard InChI is InChI=1S/C16H20ClNO3/c1-11-9-12(6-7-14(11)17)16(20)18-8-4-3-5-13(18)10-15(19)21-2/h6-7,9,13H,3-5,8,10H2,1-2H3. The molecule has 0 N–H and O–H groups in total. The molecule has 1 aliphatic rings. The third kappa shape index (κ3) is 3.76. The number of hydrogen-bond acceptors (Lipinski definition) is 3. The summed E-state index contributed by atoms with van der Waals surface area (Å²) < 4.78 is 4.73. The van der Waals surface area contributed by atoms with E-state index in [4.69, 9.17) is 16.3 Å². The van der Waals surface area contributed by atoms with Crippen LogP contribution in [-0.4, -0.2) is 36.5 Å². The topological polar surface area (TPSA) is 46.6 Å². The molecule has 0 spiro atoms. The van der Waals surface area contributed by atoms with Crippen LogP contribution >= 0.6 is 11.6 Å². The fraction of sp³-hybridized carbons (Fsp3) is 0.500. The van der Waals surface area contributed by atoms with E-state index in [1.54, 1.807) is 23.1 Å². The third-order valence-corrected chi connectivity index (χ3v) is 4.35. The van der Waals surface area contributed by atoms with Gasteiger partial charge in [0, 0.05) is 23.2 Å². The minimum absolute atomic E-state index is 0.0385. The first-order valence-electron chi connectivity index (χ1n) is 7.17. The van der Waals surface area contributed by atoms with E-state index in [-0.39, 0.29) is 24.3 Å². The van der Waals surface area contributed by atoms with Gasteiger partial charge in [0.2, 0.25) is 0 Å². The van der Waals surface area contributed by atoms with Crippen molar-refractivity contribution in [2.75, 3.05) is 13.7 Å². The lowest BCUT2D eigenvalue weighted by Crippen LogP contribution is -2.44. The number of methoxy groups -OCH3 is 1. The van der Waals surface area contributed by atoms with Gasteiger partial charge in [-0.15, -0.1) is 0 Å². The van der Waals surface area contributed by atoms with Gasteiger partial charge in [-0.1, -0.05) is 11.6 Å². The van der Waals surface area contributed by atoms with E-state index in [0.29, 0.717) is 17.1 Å². The summed E-state index contributed by atoms with van der Waals surface area (Å²) in [6.45, 7) is 2.56. The fourth-order valence-electron chi connectivity index (χ4n) is 2.70. The first-order valence-corrected chi connectivity index (χ1v) is 7.54. The Morgan fingerprint density at radius 2 is 2.14 bits per heavy atom. The Morgan fingerprint density at radius 1 is 1.38 bits per heavy atom. The molecule has 1 saturated heterocycles. The summed E-state index contributed by atoms with van der Waals surface area (Å²) in [5.74, 6) is -0.310. The number of halogens is 1. The smallest absolute Gasteiger partial charge is 0.307 e. The molecule has 1 unspecified atom stereocenters. The molecule has 2 rings (SSSR count). The molecule has 0 aromatic heterocycles. The minimum atomic E-state index is -0.271. The summed E-state index contributed by atoms with van der Waals surface area (Å²) in [6.07, 6.45) is 3.10. The van der Waals surface area contributed by atoms with E-state index in [1.165, 1.54) is 7.11 Å². The van der Waals surface area contributed by atoms with E-state index in [9.17, 15) is 9.59 Å². The zero-order valence-corrected chi connectivity index (χ0v) is 13.2. The SMILES string of the molecule is COC(=O)CC1CCCCN1C(=O)c1ccc(Cl)c(C)c1. The van der Waals surface area contributed by atoms with Crippen molar-refractivity contribution in [2.24, 2.45) is 0 Å². The van der Waals surface area contributed by atoms with Crippen LogP contribution in [0.25, 0.3) is 0 Å². The molecule has 1 atom stereocenters. The van der Waals surface area contributed by atoms with Crippen LogP contribution in [0.2, 0.25) is 5.02 Å². The molecule has 21 heavy (non-hydrogen) atoms. The highest BCUT2D eigenvalue weighted by Gasteiger charge is 2.29. The second kappa shape index (κ2) is 6.94. The monoisotopic (exact) mass is 309 g/mol. The molecule has 1 aromatic rings. The number of aryl methyl sites for hydroxylation is 1. The Hall–Kier alpha value is -1.55. The number of benzene rings is 1. The van der Waals surface area contributed by atoms with Crippen LogP contribution in [0.5, 0.6) is 0 Å². The summed E-state index contributed by atoms with van der Waals surface area (Å²) in [6, 6.07) is 5.20. The number of esters is 1. The second-order valence-corrected chi connectivity index (χ2v) is 5.80. The first kappa shape index (κ1) is 15.8. The maximum Gasteiger partial charge on any atom is 0.307 e. The van der Waals surface area contributed by atoms with Crippen molar-refractivity contribution in [2.45, 2.75) is 38.6 Å². The van der Waals surface area contributed by atoms with Gasteiger partial charge in [0.05, 0.1) is 13.5 Å². The molecule has 1 heterocycles. The lowest BCUT2D eigenvalue weighted by Gasteiger charge is -2.35. The Balaban J connectivity index is 2.17. The van der Waals surface area contributed by atoms with Crippen LogP contribution in [0, 0.1) is 6.92 Å². The number of nitrogens with zero attached hydrogens (tertiary/aromatic N) is 1. The predicted octanol–water partition coefficient (Wildman–Crippen LogP) is 3.21. The molecular weight excluding hydrogens is 290 g/mol. The summed E-state index contributed by atoms with van der Waals surface area (Å²) >= 11 is 6.00. The highest BCUT2D eigenvalue weighted by molar-refractivity contribution is 6.31. The van der Waals surface area contributed by atoms with E-state index >= 15 is 0 Å². The molecule has 0 aliphatic carbocycles. The zero-order valence-electron chi connectivity index (χ0n) is 12.4. The van der Waals surface area contributed by atoms with Gasteiger partial charge in [-0.25, -0.2) is 0 Å². The van der Waals surface area contributed by atoms with Crippen LogP contribution in [0.3, 0.4) is 0 Å². The predicted molar refractivity (Wildman–Crippen MR) is 81.5 cm³/mol. The van der Waals surface area contributed by atoms with Crippen LogP contribution in [0.1, 0.15) is 41.6 Å². The van der Waals surface area contributed by atoms with E-state index in [1.807, 2.05) is 6.92 Å². The van der Waals surface area contributed by atoms with Gasteiger partial charge in [0.15, 0.2) is 0 Å². The average Bonchev–Trinajstić information content (AvgIpc) is 2.49. The van der Waals surface area contributed by atoms with Gasteiger partial charge in [0.25, 0.3) is 5.91 Å². The minimum Gasteiger partial charge on any atom is -0.469 e. The van der Waals surface area contributed by atoms with Crippen LogP contribution in [-0.2, 0) is 9.53 Å². The van der Waals surface area contributed by atoms with E-state index in [2.05, 4.69) is 0 Å². The Bertz CT molecular complexity index is 544. The number of rotatable bonds is 3. The number of piperidine rings is 1. The number of likely N-dealkylation sites (tertiary alicyclic amines) is 1. The number of carbonyl (C=O) groups is 2. The third-order valence-electron chi connectivity index (χ3n) is 3.92. The first-order chi connectivity index (χ1) is 10.0. The molecule has 114 valence electrons. The maximum absolute atomic E-state index is 12.7. The molecule has 1 fully saturated rings. The Labute approximate surface area is 130 Å². The van der Waals surface area contributed by atoms with Crippen molar-refractivity contribution in [3.05, 3.63) is 34.3 Å². The van der Waals surface area contributed by atoms with Gasteiger partial charge in [-0.3, -0.25) is 9.59 Å². The van der Waals surface area contributed by atoms with Gasteiger partial charge < -0.3 is 9.64 Å². The van der Waals surface area contributed by atoms with Crippen LogP contribution in [0.15, 0.2) is 18.2 Å².